The van der Waals surface area contributed by atoms with Crippen LogP contribution in [0.5, 0.6) is 0 Å². The molecule has 0 radical (unpaired) electrons. The summed E-state index contributed by atoms with van der Waals surface area (Å²) in [6.07, 6.45) is 13.6. The lowest BCUT2D eigenvalue weighted by Crippen LogP contribution is -2.37. The number of unbranched alkanes of at least 4 members (excludes halogenated alkanes) is 12. The molecule has 2 heterocycles. The molecular weight excluding hydrogens is 613 g/mol. The van der Waals surface area contributed by atoms with Gasteiger partial charge in [-0.1, -0.05) is 84.0 Å². The van der Waals surface area contributed by atoms with Crippen molar-refractivity contribution in [1.82, 2.24) is 14.5 Å². The Morgan fingerprint density at radius 3 is 1.96 bits per heavy atom. The molecule has 1 fully saturated rings. The van der Waals surface area contributed by atoms with E-state index in [1.54, 1.807) is 0 Å². The van der Waals surface area contributed by atoms with Crippen LogP contribution in [0.2, 0.25) is 0 Å². The highest BCUT2D eigenvalue weighted by Crippen LogP contribution is 2.49. The van der Waals surface area contributed by atoms with Crippen LogP contribution >= 0.6 is 7.60 Å². The summed E-state index contributed by atoms with van der Waals surface area (Å²) in [5.41, 5.74) is 10.0. The van der Waals surface area contributed by atoms with Gasteiger partial charge < -0.3 is 40.4 Å². The molecule has 13 nitrogen and oxygen atoms in total. The van der Waals surface area contributed by atoms with E-state index in [1.807, 2.05) is 0 Å². The zero-order chi connectivity index (χ0) is 33.6. The lowest BCUT2D eigenvalue weighted by Gasteiger charge is -2.26. The number of nitrogens with one attached hydrogen (secondary N) is 1. The van der Waals surface area contributed by atoms with Crippen molar-refractivity contribution in [3.8, 4) is 0 Å². The maximum Gasteiger partial charge on any atom is 0.332 e. The lowest BCUT2D eigenvalue weighted by molar-refractivity contribution is -0.0531. The first-order valence-electron chi connectivity index (χ1n) is 17.6. The van der Waals surface area contributed by atoms with Crippen molar-refractivity contribution in [2.45, 2.75) is 128 Å². The highest BCUT2D eigenvalue weighted by atomic mass is 31.2. The quantitative estimate of drug-likeness (QED) is 0.0645. The lowest BCUT2D eigenvalue weighted by atomic mass is 10.0. The van der Waals surface area contributed by atoms with Crippen molar-refractivity contribution in [3.63, 3.8) is 0 Å². The Bertz CT molecular complexity index is 1080. The fraction of sp³-hybridized carbons (Fsp3) is 0.875. The second-order valence-corrected chi connectivity index (χ2v) is 14.6. The second-order valence-electron chi connectivity index (χ2n) is 12.4. The number of aromatic amines is 1. The first-order valence-corrected chi connectivity index (χ1v) is 19.3. The maximum absolute atomic E-state index is 14.0. The Hall–Kier alpha value is -1.41. The number of H-pyrrole nitrogens is 1. The molecule has 0 amide bonds. The Labute approximate surface area is 274 Å². The van der Waals surface area contributed by atoms with E-state index in [0.717, 1.165) is 55.8 Å². The number of aliphatic hydroxyl groups excluding tert-OH is 2. The van der Waals surface area contributed by atoms with Crippen molar-refractivity contribution in [2.24, 2.45) is 11.5 Å². The van der Waals surface area contributed by atoms with E-state index in [4.69, 9.17) is 25.3 Å². The van der Waals surface area contributed by atoms with E-state index in [1.165, 1.54) is 70.4 Å². The number of nitrogens with zero attached hydrogens (tertiary/aromatic N) is 2. The molecule has 5 atom stereocenters. The Morgan fingerprint density at radius 2 is 1.41 bits per heavy atom. The predicted octanol–water partition coefficient (Wildman–Crippen LogP) is 3.47. The van der Waals surface area contributed by atoms with Crippen LogP contribution in [-0.4, -0.2) is 95.1 Å². The van der Waals surface area contributed by atoms with Gasteiger partial charge >= 0.3 is 13.3 Å². The van der Waals surface area contributed by atoms with Crippen molar-refractivity contribution in [2.75, 3.05) is 52.1 Å². The van der Waals surface area contributed by atoms with Gasteiger partial charge in [0.15, 0.2) is 6.23 Å². The van der Waals surface area contributed by atoms with Gasteiger partial charge in [0, 0.05) is 18.8 Å². The molecule has 0 saturated carbocycles. The van der Waals surface area contributed by atoms with Crippen LogP contribution in [0.3, 0.4) is 0 Å². The third-order valence-electron chi connectivity index (χ3n) is 8.48. The van der Waals surface area contributed by atoms with Gasteiger partial charge in [-0.3, -0.25) is 18.9 Å². The molecule has 7 N–H and O–H groups in total. The first-order chi connectivity index (χ1) is 22.2. The molecule has 0 aliphatic carbocycles. The van der Waals surface area contributed by atoms with Gasteiger partial charge in [-0.2, -0.15) is 0 Å². The van der Waals surface area contributed by atoms with E-state index >= 15 is 0 Å². The summed E-state index contributed by atoms with van der Waals surface area (Å²) in [7, 11) is -3.62. The Balaban J connectivity index is 1.86. The van der Waals surface area contributed by atoms with Crippen molar-refractivity contribution in [3.05, 3.63) is 33.1 Å². The SMILES string of the molecule is CCCCCCCCCCCCCCCOP(=O)(CCN(CCCN)CCCN)OC[C@H]1O[C@@H](n2ccc(=O)[nH]c2=O)[C@H](O)[C@@H]1O. The van der Waals surface area contributed by atoms with Crippen LogP contribution in [0.15, 0.2) is 21.9 Å². The summed E-state index contributed by atoms with van der Waals surface area (Å²) in [5.74, 6) is 0. The van der Waals surface area contributed by atoms with Crippen LogP contribution in [0, 0.1) is 0 Å². The normalized spacial score (nSPS) is 21.3. The van der Waals surface area contributed by atoms with Crippen molar-refractivity contribution >= 4 is 7.60 Å². The average molecular weight is 676 g/mol. The van der Waals surface area contributed by atoms with Crippen molar-refractivity contribution < 1.29 is 28.6 Å². The molecule has 1 aromatic rings. The number of hydrogen-bond donors (Lipinski definition) is 5. The molecule has 1 unspecified atom stereocenters. The molecule has 14 heteroatoms. The molecule has 1 aliphatic heterocycles. The zero-order valence-corrected chi connectivity index (χ0v) is 29.0. The molecule has 0 aromatic carbocycles. The van der Waals surface area contributed by atoms with E-state index in [-0.39, 0.29) is 19.4 Å². The molecule has 1 saturated heterocycles. The number of hydrogen-bond acceptors (Lipinski definition) is 11. The summed E-state index contributed by atoms with van der Waals surface area (Å²) >= 11 is 0. The summed E-state index contributed by atoms with van der Waals surface area (Å²) in [4.78, 5) is 27.9. The average Bonchev–Trinajstić information content (AvgIpc) is 3.32. The number of nitrogens with two attached hydrogens (primary N) is 2. The molecule has 2 rings (SSSR count). The highest BCUT2D eigenvalue weighted by Gasteiger charge is 2.45. The molecule has 1 aromatic heterocycles. The second kappa shape index (κ2) is 23.8. The smallest absolute Gasteiger partial charge is 0.332 e. The molecule has 1 aliphatic rings. The van der Waals surface area contributed by atoms with Crippen LogP contribution in [-0.2, 0) is 18.3 Å². The molecular formula is C32H62N5O8P. The largest absolute Gasteiger partial charge is 0.387 e. The van der Waals surface area contributed by atoms with Crippen LogP contribution in [0.4, 0.5) is 0 Å². The van der Waals surface area contributed by atoms with E-state index in [9.17, 15) is 24.4 Å². The molecule has 46 heavy (non-hydrogen) atoms. The van der Waals surface area contributed by atoms with Gasteiger partial charge in [0.05, 0.1) is 19.4 Å². The van der Waals surface area contributed by atoms with E-state index in [2.05, 4.69) is 16.8 Å². The topological polar surface area (TPSA) is 195 Å². The summed E-state index contributed by atoms with van der Waals surface area (Å²) in [6, 6.07) is 1.12. The van der Waals surface area contributed by atoms with E-state index < -0.39 is 43.4 Å². The number of aromatic nitrogens is 2. The van der Waals surface area contributed by atoms with Gasteiger partial charge in [-0.05, 0) is 45.4 Å². The monoisotopic (exact) mass is 675 g/mol. The fourth-order valence-electron chi connectivity index (χ4n) is 5.63. The molecule has 0 spiro atoms. The fourth-order valence-corrected chi connectivity index (χ4v) is 7.27. The van der Waals surface area contributed by atoms with Crippen LogP contribution < -0.4 is 22.7 Å². The maximum atomic E-state index is 14.0. The minimum atomic E-state index is -3.62. The van der Waals surface area contributed by atoms with E-state index in [0.29, 0.717) is 19.6 Å². The number of rotatable bonds is 28. The van der Waals surface area contributed by atoms with Gasteiger partial charge in [0.25, 0.3) is 5.56 Å². The summed E-state index contributed by atoms with van der Waals surface area (Å²) in [5, 5.41) is 21.2. The van der Waals surface area contributed by atoms with Gasteiger partial charge in [-0.15, -0.1) is 0 Å². The van der Waals surface area contributed by atoms with Gasteiger partial charge in [0.1, 0.15) is 18.3 Å². The highest BCUT2D eigenvalue weighted by molar-refractivity contribution is 7.53. The van der Waals surface area contributed by atoms with Crippen molar-refractivity contribution in [1.29, 1.82) is 0 Å². The summed E-state index contributed by atoms with van der Waals surface area (Å²) < 4.78 is 32.5. The third kappa shape index (κ3) is 15.7. The van der Waals surface area contributed by atoms with Crippen LogP contribution in [0.25, 0.3) is 0 Å². The minimum absolute atomic E-state index is 0.134. The number of ether oxygens (including phenoxy) is 1. The minimum Gasteiger partial charge on any atom is -0.387 e. The summed E-state index contributed by atoms with van der Waals surface area (Å²) in [6.45, 7) is 5.24. The van der Waals surface area contributed by atoms with Crippen LogP contribution in [0.1, 0.15) is 109 Å². The third-order valence-corrected chi connectivity index (χ3v) is 10.3. The first kappa shape index (κ1) is 40.8. The Kier molecular flexibility index (Phi) is 21.1. The molecule has 268 valence electrons. The zero-order valence-electron chi connectivity index (χ0n) is 28.1. The van der Waals surface area contributed by atoms with Gasteiger partial charge in [0.2, 0.25) is 0 Å². The number of aliphatic hydroxyl groups is 2. The van der Waals surface area contributed by atoms with Gasteiger partial charge in [-0.25, -0.2) is 4.79 Å². The standard InChI is InChI=1S/C32H62N5O8P/c1-2-3-4-5-6-7-8-9-10-11-12-13-14-24-43-46(42,25-23-36(20-15-18-33)21-16-19-34)44-26-27-29(39)30(40)31(45-27)37-22-17-28(38)35-32(37)41/h17,22,27,29-31,39-40H,2-16,18-21,23-26,33-34H2,1H3,(H,35,38,41)/t27-,29-,30-,31-,46?/m1/s1. The molecule has 0 bridgehead atoms. The Morgan fingerprint density at radius 1 is 0.848 bits per heavy atom. The predicted molar refractivity (Wildman–Crippen MR) is 181 cm³/mol.